The van der Waals surface area contributed by atoms with Crippen molar-refractivity contribution in [2.75, 3.05) is 13.2 Å². The van der Waals surface area contributed by atoms with Gasteiger partial charge < -0.3 is 4.74 Å². The van der Waals surface area contributed by atoms with Crippen LogP contribution >= 0.6 is 11.6 Å². The van der Waals surface area contributed by atoms with Gasteiger partial charge in [-0.15, -0.1) is 0 Å². The van der Waals surface area contributed by atoms with Gasteiger partial charge >= 0.3 is 0 Å². The lowest BCUT2D eigenvalue weighted by molar-refractivity contribution is -0.125. The third-order valence-electron chi connectivity index (χ3n) is 2.80. The third-order valence-corrected chi connectivity index (χ3v) is 3.05. The van der Waals surface area contributed by atoms with E-state index in [-0.39, 0.29) is 11.2 Å². The molecule has 0 atom stereocenters. The molecule has 1 aliphatic rings. The Bertz CT molecular complexity index is 366. The zero-order valence-corrected chi connectivity index (χ0v) is 9.38. The minimum Gasteiger partial charge on any atom is -0.379 e. The van der Waals surface area contributed by atoms with Crippen LogP contribution in [0.3, 0.4) is 0 Å². The lowest BCUT2D eigenvalue weighted by Gasteiger charge is -2.41. The SMILES string of the molecule is CC(=O)CC1(c2ccc(Cl)cc2)COC1. The Morgan fingerprint density at radius 2 is 2.00 bits per heavy atom. The molecule has 1 fully saturated rings. The van der Waals surface area contributed by atoms with E-state index in [1.54, 1.807) is 6.92 Å². The Morgan fingerprint density at radius 1 is 1.40 bits per heavy atom. The van der Waals surface area contributed by atoms with Gasteiger partial charge in [-0.05, 0) is 24.6 Å². The van der Waals surface area contributed by atoms with Crippen molar-refractivity contribution < 1.29 is 9.53 Å². The molecule has 1 heterocycles. The van der Waals surface area contributed by atoms with Crippen LogP contribution in [-0.2, 0) is 14.9 Å². The first-order valence-electron chi connectivity index (χ1n) is 4.96. The number of benzene rings is 1. The van der Waals surface area contributed by atoms with E-state index in [1.807, 2.05) is 24.3 Å². The van der Waals surface area contributed by atoms with Gasteiger partial charge in [0.05, 0.1) is 13.2 Å². The molecule has 2 rings (SSSR count). The van der Waals surface area contributed by atoms with E-state index in [0.29, 0.717) is 19.6 Å². The minimum absolute atomic E-state index is 0.101. The summed E-state index contributed by atoms with van der Waals surface area (Å²) >= 11 is 5.83. The van der Waals surface area contributed by atoms with Gasteiger partial charge in [0.1, 0.15) is 5.78 Å². The molecule has 2 nitrogen and oxygen atoms in total. The highest BCUT2D eigenvalue weighted by atomic mass is 35.5. The van der Waals surface area contributed by atoms with E-state index >= 15 is 0 Å². The maximum Gasteiger partial charge on any atom is 0.130 e. The molecule has 0 aliphatic carbocycles. The van der Waals surface area contributed by atoms with Crippen molar-refractivity contribution in [3.63, 3.8) is 0 Å². The van der Waals surface area contributed by atoms with Crippen LogP contribution in [0.5, 0.6) is 0 Å². The number of carbonyl (C=O) groups is 1. The summed E-state index contributed by atoms with van der Waals surface area (Å²) in [5.74, 6) is 0.202. The lowest BCUT2D eigenvalue weighted by Crippen LogP contribution is -2.47. The van der Waals surface area contributed by atoms with E-state index in [9.17, 15) is 4.79 Å². The zero-order chi connectivity index (χ0) is 10.9. The summed E-state index contributed by atoms with van der Waals surface area (Å²) in [6, 6.07) is 7.68. The molecule has 0 spiro atoms. The van der Waals surface area contributed by atoms with Crippen LogP contribution in [0.15, 0.2) is 24.3 Å². The number of halogens is 1. The molecule has 0 bridgehead atoms. The first kappa shape index (κ1) is 10.7. The Kier molecular flexibility index (Phi) is 2.81. The van der Waals surface area contributed by atoms with Gasteiger partial charge in [-0.3, -0.25) is 4.79 Å². The number of Topliss-reactive ketones (excluding diaryl/α,β-unsaturated/α-hetero) is 1. The number of carbonyl (C=O) groups excluding carboxylic acids is 1. The largest absolute Gasteiger partial charge is 0.379 e. The van der Waals surface area contributed by atoms with Gasteiger partial charge in [-0.2, -0.15) is 0 Å². The molecule has 0 N–H and O–H groups in total. The molecule has 3 heteroatoms. The molecule has 15 heavy (non-hydrogen) atoms. The second-order valence-electron chi connectivity index (χ2n) is 4.16. The van der Waals surface area contributed by atoms with Gasteiger partial charge in [0.15, 0.2) is 0 Å². The highest BCUT2D eigenvalue weighted by Gasteiger charge is 2.41. The normalized spacial score (nSPS) is 18.3. The molecule has 1 aromatic rings. The molecule has 0 saturated carbocycles. The fraction of sp³-hybridized carbons (Fsp3) is 0.417. The highest BCUT2D eigenvalue weighted by Crippen LogP contribution is 2.36. The van der Waals surface area contributed by atoms with E-state index in [4.69, 9.17) is 16.3 Å². The highest BCUT2D eigenvalue weighted by molar-refractivity contribution is 6.30. The van der Waals surface area contributed by atoms with Crippen LogP contribution in [-0.4, -0.2) is 19.0 Å². The molecular formula is C12H13ClO2. The van der Waals surface area contributed by atoms with Gasteiger partial charge in [0.2, 0.25) is 0 Å². The topological polar surface area (TPSA) is 26.3 Å². The Hall–Kier alpha value is -0.860. The van der Waals surface area contributed by atoms with Crippen molar-refractivity contribution in [3.05, 3.63) is 34.9 Å². The van der Waals surface area contributed by atoms with Crippen molar-refractivity contribution in [2.45, 2.75) is 18.8 Å². The van der Waals surface area contributed by atoms with Gasteiger partial charge in [0.25, 0.3) is 0 Å². The zero-order valence-electron chi connectivity index (χ0n) is 8.63. The summed E-state index contributed by atoms with van der Waals surface area (Å²) in [7, 11) is 0. The molecular weight excluding hydrogens is 212 g/mol. The number of hydrogen-bond acceptors (Lipinski definition) is 2. The van der Waals surface area contributed by atoms with Crippen molar-refractivity contribution in [3.8, 4) is 0 Å². The summed E-state index contributed by atoms with van der Waals surface area (Å²) in [4.78, 5) is 11.2. The van der Waals surface area contributed by atoms with Crippen LogP contribution in [0.4, 0.5) is 0 Å². The molecule has 1 aliphatic heterocycles. The van der Waals surface area contributed by atoms with Crippen LogP contribution < -0.4 is 0 Å². The van der Waals surface area contributed by atoms with E-state index in [2.05, 4.69) is 0 Å². The van der Waals surface area contributed by atoms with E-state index < -0.39 is 0 Å². The first-order chi connectivity index (χ1) is 7.12. The molecule has 1 aromatic carbocycles. The summed E-state index contributed by atoms with van der Waals surface area (Å²) in [5, 5.41) is 0.719. The average molecular weight is 225 g/mol. The van der Waals surface area contributed by atoms with Crippen molar-refractivity contribution in [2.24, 2.45) is 0 Å². The lowest BCUT2D eigenvalue weighted by atomic mass is 9.75. The number of rotatable bonds is 3. The molecule has 0 amide bonds. The van der Waals surface area contributed by atoms with Gasteiger partial charge in [-0.1, -0.05) is 23.7 Å². The van der Waals surface area contributed by atoms with Crippen LogP contribution in [0, 0.1) is 0 Å². The van der Waals surface area contributed by atoms with Crippen molar-refractivity contribution in [1.82, 2.24) is 0 Å². The molecule has 0 unspecified atom stereocenters. The van der Waals surface area contributed by atoms with Crippen LogP contribution in [0.2, 0.25) is 5.02 Å². The maximum absolute atomic E-state index is 11.2. The van der Waals surface area contributed by atoms with Gasteiger partial charge in [0, 0.05) is 16.9 Å². The van der Waals surface area contributed by atoms with Crippen LogP contribution in [0.1, 0.15) is 18.9 Å². The maximum atomic E-state index is 11.2. The number of ether oxygens (including phenoxy) is 1. The smallest absolute Gasteiger partial charge is 0.130 e. The summed E-state index contributed by atoms with van der Waals surface area (Å²) in [6.45, 7) is 2.89. The molecule has 0 radical (unpaired) electrons. The predicted molar refractivity (Wildman–Crippen MR) is 59.2 cm³/mol. The van der Waals surface area contributed by atoms with E-state index in [0.717, 1.165) is 10.6 Å². The Labute approximate surface area is 94.2 Å². The second kappa shape index (κ2) is 3.95. The Balaban J connectivity index is 2.26. The molecule has 0 aromatic heterocycles. The van der Waals surface area contributed by atoms with Gasteiger partial charge in [-0.25, -0.2) is 0 Å². The number of ketones is 1. The first-order valence-corrected chi connectivity index (χ1v) is 5.33. The van der Waals surface area contributed by atoms with Crippen LogP contribution in [0.25, 0.3) is 0 Å². The second-order valence-corrected chi connectivity index (χ2v) is 4.60. The fourth-order valence-corrected chi connectivity index (χ4v) is 2.13. The summed E-state index contributed by atoms with van der Waals surface area (Å²) in [6.07, 6.45) is 0.550. The molecule has 80 valence electrons. The third kappa shape index (κ3) is 2.06. The average Bonchev–Trinajstić information content (AvgIpc) is 2.13. The summed E-state index contributed by atoms with van der Waals surface area (Å²) < 4.78 is 5.24. The Morgan fingerprint density at radius 3 is 2.40 bits per heavy atom. The van der Waals surface area contributed by atoms with Crippen molar-refractivity contribution >= 4 is 17.4 Å². The monoisotopic (exact) mass is 224 g/mol. The molecule has 1 saturated heterocycles. The predicted octanol–water partition coefficient (Wildman–Crippen LogP) is 2.59. The fourth-order valence-electron chi connectivity index (χ4n) is 2.00. The van der Waals surface area contributed by atoms with E-state index in [1.165, 1.54) is 0 Å². The summed E-state index contributed by atoms with van der Waals surface area (Å²) in [5.41, 5.74) is 1.05. The van der Waals surface area contributed by atoms with Crippen molar-refractivity contribution in [1.29, 1.82) is 0 Å². The number of hydrogen-bond donors (Lipinski definition) is 0. The quantitative estimate of drug-likeness (QED) is 0.789. The minimum atomic E-state index is -0.101. The standard InChI is InChI=1S/C12H13ClO2/c1-9(14)6-12(7-15-8-12)10-2-4-11(13)5-3-10/h2-5H,6-8H2,1H3.